The van der Waals surface area contributed by atoms with Crippen molar-refractivity contribution in [2.45, 2.75) is 33.2 Å². The fourth-order valence-corrected chi connectivity index (χ4v) is 2.17. The van der Waals surface area contributed by atoms with Crippen LogP contribution in [0.2, 0.25) is 5.02 Å². The minimum Gasteiger partial charge on any atom is -0.481 e. The van der Waals surface area contributed by atoms with Gasteiger partial charge in [-0.2, -0.15) is 5.10 Å². The third-order valence-electron chi connectivity index (χ3n) is 2.88. The monoisotopic (exact) mass is 288 g/mol. The van der Waals surface area contributed by atoms with Crippen molar-refractivity contribution in [2.24, 2.45) is 5.92 Å². The van der Waals surface area contributed by atoms with Gasteiger partial charge in [0.15, 0.2) is 5.92 Å². The SMILES string of the molecule is CCc1nn(CC)c(CC(C(=O)O)C(=O)OC)c1Cl. The van der Waals surface area contributed by atoms with Gasteiger partial charge in [-0.15, -0.1) is 0 Å². The Bertz CT molecular complexity index is 484. The zero-order chi connectivity index (χ0) is 14.6. The van der Waals surface area contributed by atoms with Crippen molar-refractivity contribution in [1.29, 1.82) is 0 Å². The van der Waals surface area contributed by atoms with Crippen LogP contribution < -0.4 is 0 Å². The smallest absolute Gasteiger partial charge is 0.320 e. The maximum Gasteiger partial charge on any atom is 0.320 e. The molecule has 1 aromatic rings. The highest BCUT2D eigenvalue weighted by Crippen LogP contribution is 2.24. The number of carbonyl (C=O) groups is 2. The molecule has 0 aromatic carbocycles. The predicted octanol–water partition coefficient (Wildman–Crippen LogP) is 1.54. The molecule has 19 heavy (non-hydrogen) atoms. The number of aryl methyl sites for hydroxylation is 2. The Balaban J connectivity index is 3.12. The standard InChI is InChI=1S/C12H17ClN2O4/c1-4-8-10(13)9(15(5-2)14-8)6-7(11(16)17)12(18)19-3/h7H,4-6H2,1-3H3,(H,16,17). The van der Waals surface area contributed by atoms with Gasteiger partial charge in [-0.3, -0.25) is 14.3 Å². The Labute approximate surface area is 116 Å². The predicted molar refractivity (Wildman–Crippen MR) is 69.1 cm³/mol. The van der Waals surface area contributed by atoms with Gasteiger partial charge in [0.1, 0.15) is 0 Å². The summed E-state index contributed by atoms with van der Waals surface area (Å²) >= 11 is 6.18. The highest BCUT2D eigenvalue weighted by atomic mass is 35.5. The molecule has 6 nitrogen and oxygen atoms in total. The van der Waals surface area contributed by atoms with Crippen molar-refractivity contribution >= 4 is 23.5 Å². The fourth-order valence-electron chi connectivity index (χ4n) is 1.82. The van der Waals surface area contributed by atoms with Crippen LogP contribution in [0, 0.1) is 5.92 Å². The normalized spacial score (nSPS) is 12.2. The summed E-state index contributed by atoms with van der Waals surface area (Å²) in [6.45, 7) is 4.34. The number of aliphatic carboxylic acids is 1. The minimum atomic E-state index is -1.27. The van der Waals surface area contributed by atoms with Gasteiger partial charge in [-0.1, -0.05) is 18.5 Å². The number of esters is 1. The first-order valence-electron chi connectivity index (χ1n) is 6.00. The number of nitrogens with zero attached hydrogens (tertiary/aromatic N) is 2. The lowest BCUT2D eigenvalue weighted by Crippen LogP contribution is -2.28. The Morgan fingerprint density at radius 3 is 2.53 bits per heavy atom. The molecule has 0 fully saturated rings. The van der Waals surface area contributed by atoms with E-state index in [0.29, 0.717) is 29.4 Å². The van der Waals surface area contributed by atoms with Gasteiger partial charge in [0.05, 0.1) is 23.5 Å². The molecule has 1 rings (SSSR count). The van der Waals surface area contributed by atoms with Gasteiger partial charge >= 0.3 is 11.9 Å². The number of hydrogen-bond donors (Lipinski definition) is 1. The molecule has 0 aliphatic heterocycles. The summed E-state index contributed by atoms with van der Waals surface area (Å²) in [5, 5.41) is 13.8. The lowest BCUT2D eigenvalue weighted by Gasteiger charge is -2.11. The Morgan fingerprint density at radius 1 is 1.47 bits per heavy atom. The zero-order valence-corrected chi connectivity index (χ0v) is 11.9. The Kier molecular flexibility index (Phi) is 5.35. The molecular weight excluding hydrogens is 272 g/mol. The van der Waals surface area contributed by atoms with E-state index in [2.05, 4.69) is 9.84 Å². The summed E-state index contributed by atoms with van der Waals surface area (Å²) in [6.07, 6.45) is 0.622. The quantitative estimate of drug-likeness (QED) is 0.634. The largest absolute Gasteiger partial charge is 0.481 e. The minimum absolute atomic E-state index is 0.0261. The first kappa shape index (κ1) is 15.5. The van der Waals surface area contributed by atoms with Crippen molar-refractivity contribution < 1.29 is 19.4 Å². The van der Waals surface area contributed by atoms with Crippen molar-refractivity contribution in [3.63, 3.8) is 0 Å². The third kappa shape index (κ3) is 3.26. The van der Waals surface area contributed by atoms with E-state index in [1.165, 1.54) is 0 Å². The number of carboxylic acid groups (broad SMARTS) is 1. The van der Waals surface area contributed by atoms with Crippen LogP contribution in [0.15, 0.2) is 0 Å². The summed E-state index contributed by atoms with van der Waals surface area (Å²) in [5.41, 5.74) is 1.26. The maximum atomic E-state index is 11.5. The molecule has 1 N–H and O–H groups in total. The van der Waals surface area contributed by atoms with Gasteiger partial charge in [0.2, 0.25) is 0 Å². The topological polar surface area (TPSA) is 81.4 Å². The van der Waals surface area contributed by atoms with Gasteiger partial charge in [-0.25, -0.2) is 0 Å². The van der Waals surface area contributed by atoms with E-state index in [0.717, 1.165) is 7.11 Å². The van der Waals surface area contributed by atoms with Crippen molar-refractivity contribution in [3.05, 3.63) is 16.4 Å². The summed E-state index contributed by atoms with van der Waals surface area (Å²) < 4.78 is 6.12. The number of rotatable bonds is 6. The highest BCUT2D eigenvalue weighted by molar-refractivity contribution is 6.32. The average Bonchev–Trinajstić information content (AvgIpc) is 2.70. The van der Waals surface area contributed by atoms with E-state index < -0.39 is 17.9 Å². The molecule has 0 radical (unpaired) electrons. The second kappa shape index (κ2) is 6.56. The first-order chi connectivity index (χ1) is 8.96. The van der Waals surface area contributed by atoms with E-state index in [9.17, 15) is 9.59 Å². The van der Waals surface area contributed by atoms with Gasteiger partial charge in [0.25, 0.3) is 0 Å². The van der Waals surface area contributed by atoms with Crippen LogP contribution >= 0.6 is 11.6 Å². The summed E-state index contributed by atoms with van der Waals surface area (Å²) in [5.74, 6) is -3.29. The molecule has 0 amide bonds. The summed E-state index contributed by atoms with van der Waals surface area (Å²) in [4.78, 5) is 22.6. The van der Waals surface area contributed by atoms with Crippen LogP contribution in [0.1, 0.15) is 25.2 Å². The molecule has 0 saturated heterocycles. The van der Waals surface area contributed by atoms with E-state index in [-0.39, 0.29) is 6.42 Å². The molecule has 0 aliphatic rings. The number of carbonyl (C=O) groups excluding carboxylic acids is 1. The van der Waals surface area contributed by atoms with E-state index in [4.69, 9.17) is 16.7 Å². The van der Waals surface area contributed by atoms with Crippen LogP contribution in [-0.2, 0) is 33.7 Å². The molecular formula is C12H17ClN2O4. The fraction of sp³-hybridized carbons (Fsp3) is 0.583. The number of halogens is 1. The number of ether oxygens (including phenoxy) is 1. The number of carboxylic acids is 1. The van der Waals surface area contributed by atoms with E-state index in [1.807, 2.05) is 13.8 Å². The Hall–Kier alpha value is -1.56. The average molecular weight is 289 g/mol. The van der Waals surface area contributed by atoms with Crippen LogP contribution in [0.25, 0.3) is 0 Å². The van der Waals surface area contributed by atoms with Gasteiger partial charge < -0.3 is 9.84 Å². The molecule has 7 heteroatoms. The lowest BCUT2D eigenvalue weighted by molar-refractivity contribution is -0.156. The number of aromatic nitrogens is 2. The van der Waals surface area contributed by atoms with Crippen molar-refractivity contribution in [2.75, 3.05) is 7.11 Å². The van der Waals surface area contributed by atoms with Crippen LogP contribution in [0.4, 0.5) is 0 Å². The zero-order valence-electron chi connectivity index (χ0n) is 11.1. The van der Waals surface area contributed by atoms with Gasteiger partial charge in [-0.05, 0) is 13.3 Å². The number of hydrogen-bond acceptors (Lipinski definition) is 4. The molecule has 0 saturated carbocycles. The molecule has 0 bridgehead atoms. The van der Waals surface area contributed by atoms with Crippen LogP contribution in [0.3, 0.4) is 0 Å². The molecule has 1 atom stereocenters. The maximum absolute atomic E-state index is 11.5. The highest BCUT2D eigenvalue weighted by Gasteiger charge is 2.30. The molecule has 1 unspecified atom stereocenters. The Morgan fingerprint density at radius 2 is 2.11 bits per heavy atom. The molecule has 0 spiro atoms. The van der Waals surface area contributed by atoms with Gasteiger partial charge in [0, 0.05) is 13.0 Å². The summed E-state index contributed by atoms with van der Waals surface area (Å²) in [7, 11) is 1.16. The molecule has 106 valence electrons. The van der Waals surface area contributed by atoms with E-state index >= 15 is 0 Å². The van der Waals surface area contributed by atoms with Crippen LogP contribution in [0.5, 0.6) is 0 Å². The summed E-state index contributed by atoms with van der Waals surface area (Å²) in [6, 6.07) is 0. The second-order valence-electron chi connectivity index (χ2n) is 3.99. The van der Waals surface area contributed by atoms with E-state index in [1.54, 1.807) is 4.68 Å². The van der Waals surface area contributed by atoms with Crippen LogP contribution in [-0.4, -0.2) is 33.9 Å². The third-order valence-corrected chi connectivity index (χ3v) is 3.31. The number of methoxy groups -OCH3 is 1. The molecule has 1 aromatic heterocycles. The second-order valence-corrected chi connectivity index (χ2v) is 4.37. The molecule has 1 heterocycles. The van der Waals surface area contributed by atoms with Crippen molar-refractivity contribution in [3.8, 4) is 0 Å². The lowest BCUT2D eigenvalue weighted by atomic mass is 10.0. The first-order valence-corrected chi connectivity index (χ1v) is 6.38. The van der Waals surface area contributed by atoms with Crippen molar-refractivity contribution in [1.82, 2.24) is 9.78 Å². The molecule has 0 aliphatic carbocycles.